The molecular weight excluding hydrogens is 1240 g/mol. The van der Waals surface area contributed by atoms with E-state index in [0.717, 1.165) is 53.1 Å². The van der Waals surface area contributed by atoms with Gasteiger partial charge in [-0.05, 0) is 308 Å². The van der Waals surface area contributed by atoms with Crippen LogP contribution in [0.15, 0.2) is 122 Å². The van der Waals surface area contributed by atoms with Crippen molar-refractivity contribution in [1.29, 1.82) is 0 Å². The van der Waals surface area contributed by atoms with E-state index in [1.807, 2.05) is 32.0 Å². The van der Waals surface area contributed by atoms with Crippen LogP contribution in [0.4, 0.5) is 0 Å². The average Bonchev–Trinajstić information content (AvgIpc) is 0.734. The zero-order valence-electron chi connectivity index (χ0n) is 111. The van der Waals surface area contributed by atoms with E-state index >= 15 is 0 Å². The molecule has 0 N–H and O–H groups in total. The van der Waals surface area contributed by atoms with Gasteiger partial charge >= 0.3 is 0 Å². The number of aryl methyl sites for hydroxylation is 24. The van der Waals surface area contributed by atoms with Gasteiger partial charge in [-0.25, -0.2) is 22.8 Å². The Bertz CT molecular complexity index is 6420. The highest BCUT2D eigenvalue weighted by atomic mass is 14.9. The lowest BCUT2D eigenvalue weighted by atomic mass is 9.90. The summed E-state index contributed by atoms with van der Waals surface area (Å²) in [6.07, 6.45) is 7.22. The maximum atomic E-state index is 8.56. The van der Waals surface area contributed by atoms with Crippen LogP contribution in [0.5, 0.6) is 0 Å². The van der Waals surface area contributed by atoms with Crippen molar-refractivity contribution in [2.75, 3.05) is 0 Å². The molecule has 0 fully saturated rings. The fourth-order valence-corrected chi connectivity index (χ4v) is 12.1. The molecule has 5 unspecified atom stereocenters. The first-order valence-electron chi connectivity index (χ1n) is 57.2. The number of aromatic nitrogens is 5. The molecule has 102 heavy (non-hydrogen) atoms. The van der Waals surface area contributed by atoms with Gasteiger partial charge in [0, 0.05) is 152 Å². The second kappa shape index (κ2) is 34.9. The van der Waals surface area contributed by atoms with Gasteiger partial charge in [0.25, 0.3) is 0 Å². The van der Waals surface area contributed by atoms with E-state index in [4.69, 9.17) is 65.8 Å². The van der Waals surface area contributed by atoms with Crippen molar-refractivity contribution in [2.45, 2.75) is 249 Å². The van der Waals surface area contributed by atoms with Gasteiger partial charge in [-0.3, -0.25) is 0 Å². The van der Waals surface area contributed by atoms with Crippen LogP contribution in [0.25, 0.3) is 56.3 Å². The summed E-state index contributed by atoms with van der Waals surface area (Å²) in [5.74, 6) is -11.7. The van der Waals surface area contributed by atoms with Crippen molar-refractivity contribution in [3.05, 3.63) is 261 Å². The van der Waals surface area contributed by atoms with Crippen molar-refractivity contribution in [3.8, 4) is 56.3 Å². The molecule has 0 radical (unpaired) electrons. The SMILES string of the molecule is [2H]C([2H])([2H])c1c[n+](C)c(-c2cc(C([2H])(C)C([2H])([2H])[2H])c(C([2H])([2H])[2H])cc2C)cc1C.[2H]C([2H])([2H])c1c[n+](C)c(-c2cc(C)c(C([2H])(C)C([2H])([2H])[2H])cc2C)cc1C.[2H]C([2H])([2H])c1cc(C)c(-c2cc(C([2H])(C)C([2H])([2H])[2H])c(C([2H])([2H])[2H])c[n+]2C)cc1C.[2H]C([2H])([2H])c1cc(C)c(-c2cc(C([2H])(C)C([2H])([2H])[2H])c(C([2H])([2H])[2H])c[n+]2C)cc1C([2H])(C)C([2H])([2H])[2H].[2H]C([2H])([2H])c1cc(C)c(-c2cc(C([2H])(C)C)c(C([2H])([2H])[2H])c[n+]2C)cc1C. The highest BCUT2D eigenvalue weighted by Crippen LogP contribution is 2.35. The maximum absolute atomic E-state index is 8.56. The van der Waals surface area contributed by atoms with Crippen molar-refractivity contribution < 1.29 is 88.6 Å². The van der Waals surface area contributed by atoms with E-state index in [9.17, 15) is 0 Å². The van der Waals surface area contributed by atoms with Crippen LogP contribution in [0.2, 0.25) is 0 Å². The average molecular weight is 1420 g/mol. The lowest BCUT2D eigenvalue weighted by Crippen LogP contribution is -2.32. The molecule has 5 atom stereocenters. The summed E-state index contributed by atoms with van der Waals surface area (Å²) >= 11 is 0. The molecule has 5 aromatic carbocycles. The van der Waals surface area contributed by atoms with E-state index in [2.05, 4.69) is 0 Å². The number of hydrogen-bond acceptors (Lipinski definition) is 0. The highest BCUT2D eigenvalue weighted by Gasteiger charge is 2.24. The molecule has 0 bridgehead atoms. The summed E-state index contributed by atoms with van der Waals surface area (Å²) in [5, 5.41) is 0. The lowest BCUT2D eigenvalue weighted by molar-refractivity contribution is -0.660. The van der Waals surface area contributed by atoms with Gasteiger partial charge < -0.3 is 0 Å². The summed E-state index contributed by atoms with van der Waals surface area (Å²) in [5.41, 5.74) is 12.9. The maximum Gasteiger partial charge on any atom is 0.212 e. The first-order chi connectivity index (χ1) is 66.4. The van der Waals surface area contributed by atoms with Crippen LogP contribution in [-0.2, 0) is 35.2 Å². The molecule has 0 spiro atoms. The summed E-state index contributed by atoms with van der Waals surface area (Å²) in [6.45, 7) is -8.82. The van der Waals surface area contributed by atoms with Gasteiger partial charge in [0.2, 0.25) is 28.5 Å². The first kappa shape index (κ1) is 37.5. The van der Waals surface area contributed by atoms with Crippen LogP contribution < -0.4 is 22.8 Å². The minimum absolute atomic E-state index is 0.0966. The van der Waals surface area contributed by atoms with E-state index in [-0.39, 0.29) is 72.5 Å². The van der Waals surface area contributed by atoms with Crippen molar-refractivity contribution in [3.63, 3.8) is 0 Å². The Balaban J connectivity index is 0.000000287. The lowest BCUT2D eigenvalue weighted by Gasteiger charge is -2.16. The normalized spacial score (nSPS) is 22.9. The second-order valence-electron chi connectivity index (χ2n) is 27.0. The Morgan fingerprint density at radius 1 is 0.206 bits per heavy atom. The van der Waals surface area contributed by atoms with Crippen LogP contribution in [0, 0.1) is 131 Å². The van der Waals surface area contributed by atoms with E-state index in [1.165, 1.54) is 87.4 Å². The fraction of sp³-hybridized carbons (Fsp3) is 0.433. The Morgan fingerprint density at radius 3 is 0.706 bits per heavy atom. The fourth-order valence-electron chi connectivity index (χ4n) is 12.1. The van der Waals surface area contributed by atoms with E-state index in [1.54, 1.807) is 164 Å². The Hall–Kier alpha value is -8.15. The summed E-state index contributed by atoms with van der Waals surface area (Å²) in [7, 11) is 8.37. The van der Waals surface area contributed by atoms with Gasteiger partial charge in [0.1, 0.15) is 35.2 Å². The van der Waals surface area contributed by atoms with Crippen molar-refractivity contribution in [2.24, 2.45) is 35.2 Å². The quantitative estimate of drug-likeness (QED) is 0.115. The van der Waals surface area contributed by atoms with Gasteiger partial charge in [-0.2, -0.15) is 0 Å². The Morgan fingerprint density at radius 2 is 0.422 bits per heavy atom. The van der Waals surface area contributed by atoms with Crippen LogP contribution in [-0.4, -0.2) is 0 Å². The molecular formula is C97H134N5+5. The third-order valence-corrected chi connectivity index (χ3v) is 18.2. The molecule has 5 heteroatoms. The summed E-state index contributed by atoms with van der Waals surface area (Å²) in [4.78, 5) is 0. The second-order valence-corrected chi connectivity index (χ2v) is 27.0. The van der Waals surface area contributed by atoms with Gasteiger partial charge in [0.15, 0.2) is 31.0 Å². The van der Waals surface area contributed by atoms with Gasteiger partial charge in [0.05, 0.1) is 0 Å². The topological polar surface area (TPSA) is 19.4 Å². The molecule has 0 aliphatic rings. The zero-order chi connectivity index (χ0) is 117. The standard InChI is InChI=1S/C21H30N.4C19H26N/c1-13(2)18-10-20(16(6)9-15(18)5)21-11-19(14(3)4)17(7)12-22(21)8;1-12(2)17-8-15(5)18(9-14(17)4)19-10-13(3)16(6)11-20(19)7;1-12(2)17-10-18(15(5)8-14(17)4)19-9-13(3)16(6)11-20(19)7;2*1-12(2)17-10-19(20(7)11-16(17)6)18-9-14(4)13(3)8-15(18)5/h9-14H,1-8H3;4*8-12H,1-7H3/q5*+1/i1D3,3D3,5D3,7D3,13D,14D;1D3,6D3,12D;1D3,4D3,6D3,12D;1D3,3D3,6D3,12D;3D3,6D3,12D. The summed E-state index contributed by atoms with van der Waals surface area (Å²) in [6, 6.07) is 23.8. The molecule has 10 aromatic rings. The smallest absolute Gasteiger partial charge is 0.201 e. The summed E-state index contributed by atoms with van der Waals surface area (Å²) < 4.78 is 386. The number of benzene rings is 5. The van der Waals surface area contributed by atoms with Gasteiger partial charge in [-0.1, -0.05) is 113 Å². The zero-order valence-corrected chi connectivity index (χ0v) is 63.3. The van der Waals surface area contributed by atoms with Crippen LogP contribution in [0.1, 0.15) is 323 Å². The van der Waals surface area contributed by atoms with Crippen LogP contribution in [0.3, 0.4) is 0 Å². The minimum atomic E-state index is -2.88. The minimum Gasteiger partial charge on any atom is -0.201 e. The molecule has 5 heterocycles. The molecule has 542 valence electrons. The van der Waals surface area contributed by atoms with E-state index in [0.29, 0.717) is 83.7 Å². The third kappa shape index (κ3) is 19.8. The Kier molecular flexibility index (Phi) is 12.8. The van der Waals surface area contributed by atoms with Crippen LogP contribution >= 0.6 is 0 Å². The number of rotatable bonds is 11. The predicted molar refractivity (Wildman–Crippen MR) is 440 cm³/mol. The van der Waals surface area contributed by atoms with Crippen molar-refractivity contribution in [1.82, 2.24) is 0 Å². The molecule has 0 saturated heterocycles. The number of nitrogens with zero attached hydrogens (tertiary/aromatic N) is 5. The predicted octanol–water partition coefficient (Wildman–Crippen LogP) is 23.5. The largest absolute Gasteiger partial charge is 0.212 e. The molecule has 5 nitrogen and oxygen atoms in total. The molecule has 5 aromatic heterocycles. The Labute approximate surface area is 689 Å². The molecule has 10 rings (SSSR count). The molecule has 0 aliphatic carbocycles. The van der Waals surface area contributed by atoms with Gasteiger partial charge in [-0.15, -0.1) is 0 Å². The molecule has 0 aliphatic heterocycles. The van der Waals surface area contributed by atoms with Crippen molar-refractivity contribution >= 4 is 0 Å². The number of pyridine rings is 5. The molecule has 0 amide bonds. The highest BCUT2D eigenvalue weighted by molar-refractivity contribution is 5.69. The van der Waals surface area contributed by atoms with E-state index < -0.39 is 131 Å². The third-order valence-electron chi connectivity index (χ3n) is 18.2. The monoisotopic (exact) mass is 1420 g/mol. The molecule has 0 saturated carbocycles. The number of hydrogen-bond donors (Lipinski definition) is 0. The first-order valence-corrected chi connectivity index (χ1v) is 33.2.